The van der Waals surface area contributed by atoms with Gasteiger partial charge < -0.3 is 14.6 Å². The fraction of sp³-hybridized carbons (Fsp3) is 0.480. The van der Waals surface area contributed by atoms with Gasteiger partial charge in [0.15, 0.2) is 0 Å². The smallest absolute Gasteiger partial charge is 0.123 e. The van der Waals surface area contributed by atoms with Gasteiger partial charge in [-0.25, -0.2) is 0 Å². The van der Waals surface area contributed by atoms with E-state index in [0.717, 1.165) is 17.7 Å². The van der Waals surface area contributed by atoms with Crippen molar-refractivity contribution >= 4 is 5.97 Å². The fourth-order valence-corrected chi connectivity index (χ4v) is 5.05. The second-order valence-electron chi connectivity index (χ2n) is 10.1. The maximum atomic E-state index is 11.4. The second-order valence-corrected chi connectivity index (χ2v) is 10.1. The van der Waals surface area contributed by atoms with Crippen LogP contribution in [0.2, 0.25) is 0 Å². The van der Waals surface area contributed by atoms with Crippen molar-refractivity contribution < 1.29 is 14.6 Å². The van der Waals surface area contributed by atoms with Crippen LogP contribution in [0.4, 0.5) is 0 Å². The molecule has 0 saturated carbocycles. The molecule has 1 aliphatic heterocycles. The predicted octanol–water partition coefficient (Wildman–Crippen LogP) is 4.41. The quantitative estimate of drug-likeness (QED) is 0.779. The number of hydrogen-bond donors (Lipinski definition) is 0. The van der Waals surface area contributed by atoms with Crippen LogP contribution in [0.25, 0.3) is 0 Å². The van der Waals surface area contributed by atoms with Crippen LogP contribution in [0.1, 0.15) is 85.6 Å². The third-order valence-corrected chi connectivity index (χ3v) is 7.12. The number of carboxylic acid groups (broad SMARTS) is 1. The van der Waals surface area contributed by atoms with Gasteiger partial charge in [0, 0.05) is 5.56 Å². The molecule has 0 radical (unpaired) electrons. The maximum absolute atomic E-state index is 11.4. The highest BCUT2D eigenvalue weighted by atomic mass is 16.5. The lowest BCUT2D eigenvalue weighted by molar-refractivity contribution is -0.255. The van der Waals surface area contributed by atoms with E-state index in [4.69, 9.17) is 4.74 Å². The van der Waals surface area contributed by atoms with E-state index in [9.17, 15) is 9.90 Å². The number of ether oxygens (including phenoxy) is 1. The number of benzene rings is 2. The van der Waals surface area contributed by atoms with Gasteiger partial charge in [0.05, 0.1) is 11.4 Å². The molecule has 1 heterocycles. The number of fused-ring (bicyclic) bond motifs is 2. The molecule has 0 amide bonds. The van der Waals surface area contributed by atoms with Crippen LogP contribution in [-0.2, 0) is 16.2 Å². The third kappa shape index (κ3) is 2.67. The van der Waals surface area contributed by atoms with Crippen molar-refractivity contribution in [3.05, 3.63) is 63.7 Å². The highest BCUT2D eigenvalue weighted by Crippen LogP contribution is 2.50. The number of carbonyl (C=O) groups is 1. The average Bonchev–Trinajstić information content (AvgIpc) is 2.96. The van der Waals surface area contributed by atoms with Gasteiger partial charge in [-0.3, -0.25) is 0 Å². The summed E-state index contributed by atoms with van der Waals surface area (Å²) in [6, 6.07) is 9.77. The molecule has 0 fully saturated rings. The number of hydrogen-bond acceptors (Lipinski definition) is 3. The van der Waals surface area contributed by atoms with Gasteiger partial charge in [0.25, 0.3) is 0 Å². The minimum atomic E-state index is -1.15. The predicted molar refractivity (Wildman–Crippen MR) is 109 cm³/mol. The summed E-state index contributed by atoms with van der Waals surface area (Å²) in [6.07, 6.45) is 2.35. The standard InChI is InChI=1S/C25H30O3/c1-15-11-18-19(24(4,5)10-9-23(18,2)3)13-17(15)25(6)14-28-21-8-7-16(22(26)27)12-20(21)25/h7-8,11-13H,9-10,14H2,1-6H3,(H,26,27)/p-1. The Bertz CT molecular complexity index is 984. The molecule has 4 rings (SSSR count). The molecule has 1 atom stereocenters. The summed E-state index contributed by atoms with van der Waals surface area (Å²) < 4.78 is 5.98. The summed E-state index contributed by atoms with van der Waals surface area (Å²) in [7, 11) is 0. The van der Waals surface area contributed by atoms with E-state index in [1.807, 2.05) is 0 Å². The Morgan fingerprint density at radius 2 is 1.50 bits per heavy atom. The molecule has 2 aromatic carbocycles. The molecule has 0 bridgehead atoms. The van der Waals surface area contributed by atoms with Crippen molar-refractivity contribution in [3.63, 3.8) is 0 Å². The Kier molecular flexibility index (Phi) is 3.98. The van der Waals surface area contributed by atoms with Gasteiger partial charge >= 0.3 is 0 Å². The van der Waals surface area contributed by atoms with Crippen LogP contribution in [0, 0.1) is 6.92 Å². The molecule has 3 nitrogen and oxygen atoms in total. The van der Waals surface area contributed by atoms with Crippen molar-refractivity contribution in [2.75, 3.05) is 6.61 Å². The summed E-state index contributed by atoms with van der Waals surface area (Å²) in [5.41, 5.74) is 6.37. The van der Waals surface area contributed by atoms with Gasteiger partial charge in [-0.15, -0.1) is 0 Å². The first-order valence-corrected chi connectivity index (χ1v) is 10.1. The SMILES string of the molecule is Cc1cc2c(cc1C1(C)COc3ccc(C(=O)[O-])cc31)C(C)(C)CCC2(C)C. The zero-order valence-electron chi connectivity index (χ0n) is 17.7. The van der Waals surface area contributed by atoms with Crippen molar-refractivity contribution in [2.45, 2.75) is 70.6 Å². The Labute approximate surface area is 167 Å². The van der Waals surface area contributed by atoms with Crippen molar-refractivity contribution in [1.29, 1.82) is 0 Å². The van der Waals surface area contributed by atoms with E-state index in [1.165, 1.54) is 28.7 Å². The molecule has 148 valence electrons. The number of carbonyl (C=O) groups excluding carboxylic acids is 1. The Morgan fingerprint density at radius 1 is 0.893 bits per heavy atom. The second kappa shape index (κ2) is 5.85. The van der Waals surface area contributed by atoms with Gasteiger partial charge in [-0.05, 0) is 83.5 Å². The van der Waals surface area contributed by atoms with Gasteiger partial charge in [0.2, 0.25) is 0 Å². The molecular weight excluding hydrogens is 348 g/mol. The summed E-state index contributed by atoms with van der Waals surface area (Å²) in [5.74, 6) is -0.383. The summed E-state index contributed by atoms with van der Waals surface area (Å²) in [4.78, 5) is 11.4. The fourth-order valence-electron chi connectivity index (χ4n) is 5.05. The van der Waals surface area contributed by atoms with Crippen molar-refractivity contribution in [1.82, 2.24) is 0 Å². The molecule has 2 aliphatic rings. The Balaban J connectivity index is 1.93. The lowest BCUT2D eigenvalue weighted by Crippen LogP contribution is -2.35. The molecule has 0 spiro atoms. The minimum Gasteiger partial charge on any atom is -0.545 e. The first-order valence-electron chi connectivity index (χ1n) is 10.1. The van der Waals surface area contributed by atoms with E-state index in [-0.39, 0.29) is 21.8 Å². The first kappa shape index (κ1) is 19.0. The molecule has 1 unspecified atom stereocenters. The summed E-state index contributed by atoms with van der Waals surface area (Å²) in [5, 5.41) is 11.4. The van der Waals surface area contributed by atoms with E-state index in [0.29, 0.717) is 6.61 Å². The molecule has 0 saturated heterocycles. The number of rotatable bonds is 2. The summed E-state index contributed by atoms with van der Waals surface area (Å²) in [6.45, 7) is 14.2. The number of aryl methyl sites for hydroxylation is 1. The van der Waals surface area contributed by atoms with Crippen LogP contribution in [0.5, 0.6) is 5.75 Å². The van der Waals surface area contributed by atoms with Gasteiger partial charge in [-0.1, -0.05) is 39.8 Å². The zero-order valence-corrected chi connectivity index (χ0v) is 17.7. The summed E-state index contributed by atoms with van der Waals surface area (Å²) >= 11 is 0. The lowest BCUT2D eigenvalue weighted by atomic mass is 9.61. The maximum Gasteiger partial charge on any atom is 0.123 e. The largest absolute Gasteiger partial charge is 0.545 e. The van der Waals surface area contributed by atoms with Crippen LogP contribution < -0.4 is 9.84 Å². The van der Waals surface area contributed by atoms with E-state index < -0.39 is 5.97 Å². The zero-order chi connectivity index (χ0) is 20.5. The Hall–Kier alpha value is -2.29. The average molecular weight is 378 g/mol. The third-order valence-electron chi connectivity index (χ3n) is 7.12. The van der Waals surface area contributed by atoms with E-state index in [1.54, 1.807) is 18.2 Å². The Morgan fingerprint density at radius 3 is 2.11 bits per heavy atom. The van der Waals surface area contributed by atoms with Gasteiger partial charge in [0.1, 0.15) is 12.4 Å². The topological polar surface area (TPSA) is 49.4 Å². The van der Waals surface area contributed by atoms with E-state index >= 15 is 0 Å². The van der Waals surface area contributed by atoms with Crippen LogP contribution >= 0.6 is 0 Å². The highest BCUT2D eigenvalue weighted by molar-refractivity contribution is 5.86. The van der Waals surface area contributed by atoms with Crippen LogP contribution in [0.3, 0.4) is 0 Å². The molecule has 1 aliphatic carbocycles. The lowest BCUT2D eigenvalue weighted by Gasteiger charge is -2.43. The van der Waals surface area contributed by atoms with E-state index in [2.05, 4.69) is 53.7 Å². The highest BCUT2D eigenvalue weighted by Gasteiger charge is 2.43. The minimum absolute atomic E-state index is 0.124. The molecule has 28 heavy (non-hydrogen) atoms. The first-order chi connectivity index (χ1) is 13.0. The normalized spacial score (nSPS) is 24.2. The molecule has 0 aromatic heterocycles. The number of aromatic carboxylic acids is 1. The molecular formula is C25H29O3-. The molecule has 3 heteroatoms. The molecule has 2 aromatic rings. The molecule has 0 N–H and O–H groups in total. The van der Waals surface area contributed by atoms with Crippen molar-refractivity contribution in [3.8, 4) is 5.75 Å². The van der Waals surface area contributed by atoms with Crippen molar-refractivity contribution in [2.24, 2.45) is 0 Å². The number of carboxylic acids is 1. The van der Waals surface area contributed by atoms with Crippen LogP contribution in [0.15, 0.2) is 30.3 Å². The van der Waals surface area contributed by atoms with Crippen LogP contribution in [-0.4, -0.2) is 12.6 Å². The van der Waals surface area contributed by atoms with Gasteiger partial charge in [-0.2, -0.15) is 0 Å². The monoisotopic (exact) mass is 377 g/mol.